The van der Waals surface area contributed by atoms with Gasteiger partial charge in [-0.25, -0.2) is 0 Å². The van der Waals surface area contributed by atoms with Crippen molar-refractivity contribution in [2.45, 2.75) is 59.7 Å². The molecule has 5 nitrogen and oxygen atoms in total. The van der Waals surface area contributed by atoms with E-state index in [1.807, 2.05) is 17.9 Å². The van der Waals surface area contributed by atoms with Crippen LogP contribution in [0.5, 0.6) is 0 Å². The zero-order valence-electron chi connectivity index (χ0n) is 13.8. The van der Waals surface area contributed by atoms with Crippen molar-refractivity contribution in [2.75, 3.05) is 7.05 Å². The Morgan fingerprint density at radius 2 is 1.95 bits per heavy atom. The molecule has 0 saturated carbocycles. The minimum Gasteiger partial charge on any atom is -0.316 e. The molecule has 2 rings (SSSR count). The van der Waals surface area contributed by atoms with E-state index in [9.17, 15) is 0 Å². The van der Waals surface area contributed by atoms with E-state index in [0.29, 0.717) is 6.04 Å². The fourth-order valence-electron chi connectivity index (χ4n) is 2.68. The Hall–Kier alpha value is -1.62. The van der Waals surface area contributed by atoms with E-state index in [4.69, 9.17) is 5.10 Å². The van der Waals surface area contributed by atoms with Crippen LogP contribution in [0.2, 0.25) is 0 Å². The summed E-state index contributed by atoms with van der Waals surface area (Å²) in [7, 11) is 1.99. The molecule has 116 valence electrons. The van der Waals surface area contributed by atoms with Crippen LogP contribution in [0.3, 0.4) is 0 Å². The third-order valence-corrected chi connectivity index (χ3v) is 3.78. The van der Waals surface area contributed by atoms with Crippen molar-refractivity contribution in [3.63, 3.8) is 0 Å². The lowest BCUT2D eigenvalue weighted by Gasteiger charge is -2.07. The fourth-order valence-corrected chi connectivity index (χ4v) is 2.68. The molecule has 2 aromatic heterocycles. The van der Waals surface area contributed by atoms with Gasteiger partial charge in [0.15, 0.2) is 0 Å². The molecule has 0 aromatic carbocycles. The van der Waals surface area contributed by atoms with Gasteiger partial charge in [-0.2, -0.15) is 10.2 Å². The van der Waals surface area contributed by atoms with E-state index >= 15 is 0 Å². The highest BCUT2D eigenvalue weighted by molar-refractivity contribution is 5.27. The van der Waals surface area contributed by atoms with Gasteiger partial charge < -0.3 is 5.32 Å². The van der Waals surface area contributed by atoms with Gasteiger partial charge in [0.25, 0.3) is 0 Å². The summed E-state index contributed by atoms with van der Waals surface area (Å²) in [5.41, 5.74) is 4.94. The normalized spacial score (nSPS) is 11.5. The van der Waals surface area contributed by atoms with E-state index < -0.39 is 0 Å². The van der Waals surface area contributed by atoms with Crippen molar-refractivity contribution in [1.29, 1.82) is 0 Å². The molecule has 0 aliphatic heterocycles. The Morgan fingerprint density at radius 1 is 1.19 bits per heavy atom. The molecule has 0 unspecified atom stereocenters. The van der Waals surface area contributed by atoms with Gasteiger partial charge in [0.2, 0.25) is 0 Å². The summed E-state index contributed by atoms with van der Waals surface area (Å²) in [6, 6.07) is 2.48. The number of aromatic nitrogens is 4. The molecule has 0 saturated heterocycles. The summed E-state index contributed by atoms with van der Waals surface area (Å²) in [5, 5.41) is 12.7. The maximum absolute atomic E-state index is 4.79. The smallest absolute Gasteiger partial charge is 0.0853 e. The first-order valence-electron chi connectivity index (χ1n) is 7.86. The Balaban J connectivity index is 2.29. The van der Waals surface area contributed by atoms with Crippen LogP contribution in [-0.4, -0.2) is 26.6 Å². The lowest BCUT2D eigenvalue weighted by atomic mass is 10.1. The molecule has 0 aliphatic rings. The van der Waals surface area contributed by atoms with Gasteiger partial charge in [-0.15, -0.1) is 0 Å². The van der Waals surface area contributed by atoms with Crippen LogP contribution < -0.4 is 5.32 Å². The highest BCUT2D eigenvalue weighted by Gasteiger charge is 2.15. The lowest BCUT2D eigenvalue weighted by molar-refractivity contribution is 0.518. The number of aryl methyl sites for hydroxylation is 1. The second kappa shape index (κ2) is 6.89. The number of rotatable bonds is 7. The number of nitrogens with zero attached hydrogens (tertiary/aromatic N) is 4. The van der Waals surface area contributed by atoms with E-state index in [1.165, 1.54) is 17.0 Å². The summed E-state index contributed by atoms with van der Waals surface area (Å²) in [6.45, 7) is 10.3. The van der Waals surface area contributed by atoms with E-state index in [-0.39, 0.29) is 0 Å². The molecule has 5 heteroatoms. The van der Waals surface area contributed by atoms with Gasteiger partial charge in [0.05, 0.1) is 17.9 Å². The minimum atomic E-state index is 0.396. The Bertz CT molecular complexity index is 580. The van der Waals surface area contributed by atoms with E-state index in [2.05, 4.69) is 48.9 Å². The molecule has 1 N–H and O–H groups in total. The molecular formula is C16H27N5. The van der Waals surface area contributed by atoms with Gasteiger partial charge in [0.1, 0.15) is 0 Å². The largest absolute Gasteiger partial charge is 0.316 e. The predicted octanol–water partition coefficient (Wildman–Crippen LogP) is 2.55. The predicted molar refractivity (Wildman–Crippen MR) is 85.5 cm³/mol. The highest BCUT2D eigenvalue weighted by Crippen LogP contribution is 2.17. The van der Waals surface area contributed by atoms with Crippen molar-refractivity contribution in [2.24, 2.45) is 0 Å². The second-order valence-electron chi connectivity index (χ2n) is 5.65. The van der Waals surface area contributed by atoms with Crippen molar-refractivity contribution in [1.82, 2.24) is 24.9 Å². The Morgan fingerprint density at radius 3 is 2.48 bits per heavy atom. The first kappa shape index (κ1) is 15.8. The zero-order chi connectivity index (χ0) is 15.4. The maximum Gasteiger partial charge on any atom is 0.0853 e. The van der Waals surface area contributed by atoms with Crippen LogP contribution in [0.1, 0.15) is 56.4 Å². The molecule has 0 atom stereocenters. The molecule has 0 fully saturated rings. The van der Waals surface area contributed by atoms with Crippen LogP contribution >= 0.6 is 0 Å². The summed E-state index contributed by atoms with van der Waals surface area (Å²) >= 11 is 0. The van der Waals surface area contributed by atoms with Crippen LogP contribution in [0, 0.1) is 0 Å². The van der Waals surface area contributed by atoms with Gasteiger partial charge >= 0.3 is 0 Å². The van der Waals surface area contributed by atoms with Crippen molar-refractivity contribution >= 4 is 0 Å². The van der Waals surface area contributed by atoms with E-state index in [0.717, 1.165) is 31.6 Å². The van der Waals surface area contributed by atoms with Crippen LogP contribution in [0.25, 0.3) is 0 Å². The number of hydrogen-bond donors (Lipinski definition) is 1. The first-order valence-corrected chi connectivity index (χ1v) is 7.86. The van der Waals surface area contributed by atoms with Crippen molar-refractivity contribution in [3.8, 4) is 0 Å². The quantitative estimate of drug-likeness (QED) is 0.852. The number of nitrogens with one attached hydrogen (secondary N) is 1. The standard InChI is InChI=1S/C16H27N5/c1-6-15-14(10-17-5)16(7-2)21(19-15)11-13-8-9-20(18-13)12(3)4/h8-9,12,17H,6-7,10-11H2,1-5H3. The zero-order valence-corrected chi connectivity index (χ0v) is 13.8. The first-order chi connectivity index (χ1) is 10.1. The number of hydrogen-bond acceptors (Lipinski definition) is 3. The summed E-state index contributed by atoms with van der Waals surface area (Å²) in [6.07, 6.45) is 4.01. The third kappa shape index (κ3) is 3.35. The monoisotopic (exact) mass is 289 g/mol. The SMILES string of the molecule is CCc1nn(Cc2ccn(C(C)C)n2)c(CC)c1CNC. The minimum absolute atomic E-state index is 0.396. The Labute approximate surface area is 127 Å². The van der Waals surface area contributed by atoms with Gasteiger partial charge in [-0.05, 0) is 39.8 Å². The molecule has 0 amide bonds. The summed E-state index contributed by atoms with van der Waals surface area (Å²) < 4.78 is 4.12. The maximum atomic E-state index is 4.79. The van der Waals surface area contributed by atoms with Crippen LogP contribution in [0.15, 0.2) is 12.3 Å². The van der Waals surface area contributed by atoms with Crippen molar-refractivity contribution < 1.29 is 0 Å². The Kier molecular flexibility index (Phi) is 5.17. The average molecular weight is 289 g/mol. The highest BCUT2D eigenvalue weighted by atomic mass is 15.3. The van der Waals surface area contributed by atoms with Gasteiger partial charge in [-0.3, -0.25) is 9.36 Å². The topological polar surface area (TPSA) is 47.7 Å². The fraction of sp³-hybridized carbons (Fsp3) is 0.625. The summed E-state index contributed by atoms with van der Waals surface area (Å²) in [5.74, 6) is 0. The van der Waals surface area contributed by atoms with Crippen molar-refractivity contribution in [3.05, 3.63) is 34.9 Å². The average Bonchev–Trinajstić information content (AvgIpc) is 3.04. The lowest BCUT2D eigenvalue weighted by Crippen LogP contribution is -2.11. The van der Waals surface area contributed by atoms with Gasteiger partial charge in [0, 0.05) is 30.0 Å². The molecule has 0 bridgehead atoms. The molecule has 2 aromatic rings. The molecule has 0 aliphatic carbocycles. The molecule has 0 radical (unpaired) electrons. The summed E-state index contributed by atoms with van der Waals surface area (Å²) in [4.78, 5) is 0. The van der Waals surface area contributed by atoms with Gasteiger partial charge in [-0.1, -0.05) is 13.8 Å². The van der Waals surface area contributed by atoms with E-state index in [1.54, 1.807) is 0 Å². The van der Waals surface area contributed by atoms with Crippen LogP contribution in [-0.2, 0) is 25.9 Å². The molecule has 0 spiro atoms. The molecule has 2 heterocycles. The second-order valence-corrected chi connectivity index (χ2v) is 5.65. The molecule has 21 heavy (non-hydrogen) atoms. The van der Waals surface area contributed by atoms with Crippen LogP contribution in [0.4, 0.5) is 0 Å². The molecular weight excluding hydrogens is 262 g/mol. The third-order valence-electron chi connectivity index (χ3n) is 3.78.